The molecule has 0 aromatic rings. The lowest BCUT2D eigenvalue weighted by atomic mass is 9.86. The van der Waals surface area contributed by atoms with Crippen LogP contribution >= 0.6 is 11.8 Å². The van der Waals surface area contributed by atoms with Crippen LogP contribution in [0.2, 0.25) is 0 Å². The Hall–Kier alpha value is 0.350. The lowest BCUT2D eigenvalue weighted by Crippen LogP contribution is -2.16. The highest BCUT2D eigenvalue weighted by Crippen LogP contribution is 2.29. The average molecular weight is 433 g/mol. The molecule has 0 N–H and O–H groups in total. The number of hydrogen-bond acceptors (Lipinski definition) is 1. The normalized spacial score (nSPS) is 12.4. The molecule has 0 saturated carbocycles. The second kappa shape index (κ2) is 30.5. The molecule has 0 amide bonds. The predicted octanol–water partition coefficient (Wildman–Crippen LogP) is 11.1. The SMILES string of the molecule is CC.CC.CCCC.CCCC(CCC)C(C)CSCCC(CC(C)C)C(C)C. The molecule has 0 rings (SSSR count). The number of hydrogen-bond donors (Lipinski definition) is 0. The fourth-order valence-electron chi connectivity index (χ4n) is 3.42. The van der Waals surface area contributed by atoms with Gasteiger partial charge in [0, 0.05) is 0 Å². The van der Waals surface area contributed by atoms with Crippen molar-refractivity contribution < 1.29 is 0 Å². The van der Waals surface area contributed by atoms with Crippen LogP contribution in [0, 0.1) is 29.6 Å². The second-order valence-corrected chi connectivity index (χ2v) is 9.96. The Kier molecular flexibility index (Phi) is 38.7. The van der Waals surface area contributed by atoms with Gasteiger partial charge >= 0.3 is 0 Å². The van der Waals surface area contributed by atoms with Gasteiger partial charge in [0.15, 0.2) is 0 Å². The van der Waals surface area contributed by atoms with Crippen LogP contribution in [0.25, 0.3) is 0 Å². The first-order valence-electron chi connectivity index (χ1n) is 13.4. The van der Waals surface area contributed by atoms with Crippen molar-refractivity contribution in [2.45, 2.75) is 141 Å². The van der Waals surface area contributed by atoms with E-state index in [1.54, 1.807) is 0 Å². The van der Waals surface area contributed by atoms with Gasteiger partial charge in [0.25, 0.3) is 0 Å². The minimum absolute atomic E-state index is 0.846. The molecule has 0 saturated heterocycles. The van der Waals surface area contributed by atoms with E-state index in [0.717, 1.165) is 29.6 Å². The highest BCUT2D eigenvalue weighted by Gasteiger charge is 2.17. The molecule has 182 valence electrons. The van der Waals surface area contributed by atoms with E-state index in [9.17, 15) is 0 Å². The van der Waals surface area contributed by atoms with E-state index < -0.39 is 0 Å². The van der Waals surface area contributed by atoms with Crippen molar-refractivity contribution >= 4 is 11.8 Å². The fourth-order valence-corrected chi connectivity index (χ4v) is 4.70. The van der Waals surface area contributed by atoms with Crippen molar-refractivity contribution in [3.8, 4) is 0 Å². The van der Waals surface area contributed by atoms with Gasteiger partial charge in [0.2, 0.25) is 0 Å². The Morgan fingerprint density at radius 3 is 1.34 bits per heavy atom. The monoisotopic (exact) mass is 432 g/mol. The number of rotatable bonds is 14. The Morgan fingerprint density at radius 1 is 0.586 bits per heavy atom. The molecule has 0 aromatic carbocycles. The lowest BCUT2D eigenvalue weighted by molar-refractivity contribution is 0.310. The maximum Gasteiger partial charge on any atom is -0.00391 e. The minimum Gasteiger partial charge on any atom is -0.162 e. The van der Waals surface area contributed by atoms with Crippen molar-refractivity contribution in [3.05, 3.63) is 0 Å². The molecular weight excluding hydrogens is 368 g/mol. The van der Waals surface area contributed by atoms with Gasteiger partial charge in [-0.25, -0.2) is 0 Å². The molecule has 0 fully saturated rings. The zero-order chi connectivity index (χ0) is 23.7. The summed E-state index contributed by atoms with van der Waals surface area (Å²) >= 11 is 2.21. The van der Waals surface area contributed by atoms with Crippen LogP contribution in [0.4, 0.5) is 0 Å². The van der Waals surface area contributed by atoms with Gasteiger partial charge in [-0.15, -0.1) is 0 Å². The molecule has 2 unspecified atom stereocenters. The molecule has 2 atom stereocenters. The van der Waals surface area contributed by atoms with Crippen LogP contribution < -0.4 is 0 Å². The van der Waals surface area contributed by atoms with Crippen LogP contribution in [0.1, 0.15) is 141 Å². The Bertz CT molecular complexity index is 239. The maximum atomic E-state index is 2.48. The quantitative estimate of drug-likeness (QED) is 0.246. The Labute approximate surface area is 194 Å². The topological polar surface area (TPSA) is 0 Å². The summed E-state index contributed by atoms with van der Waals surface area (Å²) < 4.78 is 0. The summed E-state index contributed by atoms with van der Waals surface area (Å²) in [7, 11) is 0. The van der Waals surface area contributed by atoms with E-state index in [1.807, 2.05) is 27.7 Å². The summed E-state index contributed by atoms with van der Waals surface area (Å²) in [6.07, 6.45) is 11.0. The first-order chi connectivity index (χ1) is 13.8. The zero-order valence-electron chi connectivity index (χ0n) is 23.4. The minimum atomic E-state index is 0.846. The van der Waals surface area contributed by atoms with Crippen LogP contribution in [-0.4, -0.2) is 11.5 Å². The van der Waals surface area contributed by atoms with E-state index in [1.165, 1.54) is 62.9 Å². The van der Waals surface area contributed by atoms with Gasteiger partial charge in [-0.2, -0.15) is 11.8 Å². The maximum absolute atomic E-state index is 2.48. The van der Waals surface area contributed by atoms with Gasteiger partial charge in [0.05, 0.1) is 0 Å². The van der Waals surface area contributed by atoms with Crippen molar-refractivity contribution in [2.24, 2.45) is 29.6 Å². The standard InChI is InChI=1S/C20H42S.C4H10.2C2H6/c1-8-10-19(11-9-2)18(7)15-21-13-12-20(17(5)6)14-16(3)4;1-3-4-2;2*1-2/h16-20H,8-15H2,1-7H3;3-4H2,1-2H3;2*1-2H3. The summed E-state index contributed by atoms with van der Waals surface area (Å²) in [4.78, 5) is 0. The van der Waals surface area contributed by atoms with Crippen molar-refractivity contribution in [1.29, 1.82) is 0 Å². The first-order valence-corrected chi connectivity index (χ1v) is 14.6. The summed E-state index contributed by atoms with van der Waals surface area (Å²) in [5.74, 6) is 7.22. The summed E-state index contributed by atoms with van der Waals surface area (Å²) in [6, 6.07) is 0. The summed E-state index contributed by atoms with van der Waals surface area (Å²) in [5.41, 5.74) is 0. The smallest absolute Gasteiger partial charge is 0.00391 e. The van der Waals surface area contributed by atoms with Gasteiger partial charge < -0.3 is 0 Å². The van der Waals surface area contributed by atoms with Gasteiger partial charge in [-0.05, 0) is 53.9 Å². The molecule has 0 spiro atoms. The third-order valence-corrected chi connectivity index (χ3v) is 6.64. The lowest BCUT2D eigenvalue weighted by Gasteiger charge is -2.25. The largest absolute Gasteiger partial charge is 0.162 e. The van der Waals surface area contributed by atoms with Crippen molar-refractivity contribution in [2.75, 3.05) is 11.5 Å². The highest BCUT2D eigenvalue weighted by molar-refractivity contribution is 7.99. The van der Waals surface area contributed by atoms with E-state index in [-0.39, 0.29) is 0 Å². The van der Waals surface area contributed by atoms with E-state index in [0.29, 0.717) is 0 Å². The molecule has 0 aliphatic heterocycles. The van der Waals surface area contributed by atoms with Gasteiger partial charge in [0.1, 0.15) is 0 Å². The molecule has 0 radical (unpaired) electrons. The van der Waals surface area contributed by atoms with Gasteiger partial charge in [-0.1, -0.05) is 129 Å². The molecule has 0 aromatic heterocycles. The van der Waals surface area contributed by atoms with E-state index >= 15 is 0 Å². The number of unbranched alkanes of at least 4 members (excludes halogenated alkanes) is 1. The van der Waals surface area contributed by atoms with Crippen LogP contribution in [0.5, 0.6) is 0 Å². The highest BCUT2D eigenvalue weighted by atomic mass is 32.2. The molecule has 0 heterocycles. The van der Waals surface area contributed by atoms with Crippen molar-refractivity contribution in [3.63, 3.8) is 0 Å². The number of thioether (sulfide) groups is 1. The second-order valence-electron chi connectivity index (χ2n) is 8.81. The molecule has 0 bridgehead atoms. The molecule has 0 aliphatic rings. The third-order valence-electron chi connectivity index (χ3n) is 5.35. The van der Waals surface area contributed by atoms with E-state index in [2.05, 4.69) is 74.1 Å². The van der Waals surface area contributed by atoms with E-state index in [4.69, 9.17) is 0 Å². The summed E-state index contributed by atoms with van der Waals surface area (Å²) in [5, 5.41) is 0. The molecule has 0 aliphatic carbocycles. The summed E-state index contributed by atoms with van der Waals surface area (Å²) in [6.45, 7) is 29.0. The Balaban J connectivity index is -0.000000337. The van der Waals surface area contributed by atoms with Crippen LogP contribution in [-0.2, 0) is 0 Å². The fraction of sp³-hybridized carbons (Fsp3) is 1.00. The Morgan fingerprint density at radius 2 is 1.03 bits per heavy atom. The average Bonchev–Trinajstić information content (AvgIpc) is 2.72. The van der Waals surface area contributed by atoms with Crippen LogP contribution in [0.15, 0.2) is 0 Å². The molecule has 1 heteroatoms. The van der Waals surface area contributed by atoms with Crippen molar-refractivity contribution in [1.82, 2.24) is 0 Å². The van der Waals surface area contributed by atoms with Crippen LogP contribution in [0.3, 0.4) is 0 Å². The molecule has 0 nitrogen and oxygen atoms in total. The molecular formula is C28H64S. The van der Waals surface area contributed by atoms with Gasteiger partial charge in [-0.3, -0.25) is 0 Å². The first kappa shape index (κ1) is 36.7. The predicted molar refractivity (Wildman–Crippen MR) is 145 cm³/mol. The molecule has 29 heavy (non-hydrogen) atoms. The zero-order valence-corrected chi connectivity index (χ0v) is 24.2. The third kappa shape index (κ3) is 28.4.